The van der Waals surface area contributed by atoms with Crippen molar-refractivity contribution in [2.45, 2.75) is 79.3 Å². The maximum Gasteiger partial charge on any atom is 0.469 e. The number of thioether (sulfide) groups is 1. The molecule has 6 N–H and O–H groups in total. The number of ether oxygens (including phenoxy) is 1. The van der Waals surface area contributed by atoms with E-state index in [9.17, 15) is 14.8 Å². The molecule has 1 aliphatic heterocycles. The number of nitrogens with zero attached hydrogens (tertiary/aromatic N) is 3. The zero-order chi connectivity index (χ0) is 24.1. The van der Waals surface area contributed by atoms with Crippen molar-refractivity contribution in [3.8, 4) is 0 Å². The minimum Gasteiger partial charge on any atom is -0.387 e. The van der Waals surface area contributed by atoms with Crippen LogP contribution in [-0.2, 0) is 20.2 Å². The Hall–Kier alpha value is -1.37. The number of phosphoric ester groups is 1. The van der Waals surface area contributed by atoms with E-state index in [0.717, 1.165) is 18.4 Å². The Morgan fingerprint density at radius 3 is 2.71 bits per heavy atom. The molecule has 2 saturated carbocycles. The van der Waals surface area contributed by atoms with Crippen molar-refractivity contribution in [2.24, 2.45) is 5.92 Å². The minimum absolute atomic E-state index is 0.117. The Morgan fingerprint density at radius 2 is 1.97 bits per heavy atom. The van der Waals surface area contributed by atoms with Gasteiger partial charge in [0.25, 0.3) is 0 Å². The third-order valence-electron chi connectivity index (χ3n) is 7.04. The van der Waals surface area contributed by atoms with E-state index in [1.165, 1.54) is 19.3 Å². The predicted molar refractivity (Wildman–Crippen MR) is 124 cm³/mol. The molecule has 5 rings (SSSR count). The van der Waals surface area contributed by atoms with E-state index in [1.807, 2.05) is 6.07 Å². The first-order chi connectivity index (χ1) is 16.2. The van der Waals surface area contributed by atoms with Crippen LogP contribution in [0, 0.1) is 5.92 Å². The molecule has 11 nitrogen and oxygen atoms in total. The van der Waals surface area contributed by atoms with Gasteiger partial charge >= 0.3 is 7.82 Å². The van der Waals surface area contributed by atoms with E-state index >= 15 is 0 Å². The summed E-state index contributed by atoms with van der Waals surface area (Å²) in [7, 11) is -4.71. The highest BCUT2D eigenvalue weighted by Crippen LogP contribution is 2.57. The van der Waals surface area contributed by atoms with Crippen LogP contribution in [0.25, 0.3) is 11.0 Å². The van der Waals surface area contributed by atoms with Crippen LogP contribution in [0.5, 0.6) is 0 Å². The summed E-state index contributed by atoms with van der Waals surface area (Å²) >= 11 is 1.66. The Morgan fingerprint density at radius 1 is 1.21 bits per heavy atom. The van der Waals surface area contributed by atoms with Gasteiger partial charge in [-0.25, -0.2) is 14.5 Å². The maximum atomic E-state index is 11.0. The molecule has 1 saturated heterocycles. The van der Waals surface area contributed by atoms with Crippen molar-refractivity contribution in [1.82, 2.24) is 15.0 Å². The zero-order valence-electron chi connectivity index (χ0n) is 18.5. The Bertz CT molecular complexity index is 1110. The fourth-order valence-electron chi connectivity index (χ4n) is 5.19. The molecule has 0 unspecified atom stereocenters. The number of pyridine rings is 1. The van der Waals surface area contributed by atoms with Gasteiger partial charge in [0, 0.05) is 11.4 Å². The summed E-state index contributed by atoms with van der Waals surface area (Å²) in [5.41, 5.74) is 7.32. The van der Waals surface area contributed by atoms with Gasteiger partial charge in [-0.2, -0.15) is 0 Å². The molecular formula is C21H29N4O7PS. The predicted octanol–water partition coefficient (Wildman–Crippen LogP) is 1.56. The van der Waals surface area contributed by atoms with Gasteiger partial charge in [-0.15, -0.1) is 0 Å². The molecule has 0 amide bonds. The molecule has 3 aliphatic rings. The summed E-state index contributed by atoms with van der Waals surface area (Å²) in [5, 5.41) is 22.1. The molecule has 186 valence electrons. The SMILES string of the molecule is Nc1nc(SC2CCCCC2)nc2c(C[C@H]3C[C@@]34O[C@H](COP(=O)(O)O)[C@@H](O)[C@H]4O)ccnc12. The highest BCUT2D eigenvalue weighted by molar-refractivity contribution is 7.99. The molecule has 5 atom stereocenters. The topological polar surface area (TPSA) is 181 Å². The van der Waals surface area contributed by atoms with Gasteiger partial charge in [-0.05, 0) is 43.2 Å². The van der Waals surface area contributed by atoms with Crippen LogP contribution in [0.4, 0.5) is 5.82 Å². The van der Waals surface area contributed by atoms with Crippen molar-refractivity contribution in [3.05, 3.63) is 17.8 Å². The number of aliphatic hydroxyl groups is 2. The number of fused-ring (bicyclic) bond motifs is 1. The summed E-state index contributed by atoms with van der Waals surface area (Å²) in [6.45, 7) is -0.513. The molecule has 3 fully saturated rings. The van der Waals surface area contributed by atoms with E-state index < -0.39 is 38.3 Å². The molecule has 0 aromatic carbocycles. The average molecular weight is 513 g/mol. The van der Waals surface area contributed by atoms with Crippen LogP contribution in [0.1, 0.15) is 44.1 Å². The molecule has 1 spiro atoms. The monoisotopic (exact) mass is 512 g/mol. The van der Waals surface area contributed by atoms with Gasteiger partial charge in [0.1, 0.15) is 29.4 Å². The lowest BCUT2D eigenvalue weighted by Crippen LogP contribution is -2.35. The maximum absolute atomic E-state index is 11.0. The zero-order valence-corrected chi connectivity index (χ0v) is 20.2. The average Bonchev–Trinajstić information content (AvgIpc) is 3.43. The number of aromatic nitrogens is 3. The quantitative estimate of drug-likeness (QED) is 0.267. The lowest BCUT2D eigenvalue weighted by Gasteiger charge is -2.20. The van der Waals surface area contributed by atoms with Crippen LogP contribution in [0.3, 0.4) is 0 Å². The van der Waals surface area contributed by atoms with E-state index in [2.05, 4.69) is 14.5 Å². The number of hydrogen-bond donors (Lipinski definition) is 5. The lowest BCUT2D eigenvalue weighted by atomic mass is 10.0. The van der Waals surface area contributed by atoms with Crippen LogP contribution < -0.4 is 5.73 Å². The highest BCUT2D eigenvalue weighted by Gasteiger charge is 2.68. The second kappa shape index (κ2) is 9.25. The number of hydrogen-bond acceptors (Lipinski definition) is 10. The molecule has 34 heavy (non-hydrogen) atoms. The number of aliphatic hydroxyl groups excluding tert-OH is 2. The first-order valence-corrected chi connectivity index (χ1v) is 13.9. The van der Waals surface area contributed by atoms with Crippen molar-refractivity contribution in [2.75, 3.05) is 12.3 Å². The number of anilines is 1. The first-order valence-electron chi connectivity index (χ1n) is 11.5. The molecule has 2 aromatic rings. The number of rotatable bonds is 7. The fourth-order valence-corrected chi connectivity index (χ4v) is 6.70. The third-order valence-corrected chi connectivity index (χ3v) is 8.73. The number of nitrogens with two attached hydrogens (primary N) is 1. The number of nitrogen functional groups attached to an aromatic ring is 1. The van der Waals surface area contributed by atoms with E-state index in [1.54, 1.807) is 18.0 Å². The van der Waals surface area contributed by atoms with E-state index in [0.29, 0.717) is 40.1 Å². The summed E-state index contributed by atoms with van der Waals surface area (Å²) < 4.78 is 21.4. The van der Waals surface area contributed by atoms with E-state index in [-0.39, 0.29) is 5.92 Å². The van der Waals surface area contributed by atoms with Gasteiger partial charge in [0.05, 0.1) is 12.1 Å². The highest BCUT2D eigenvalue weighted by atomic mass is 32.2. The van der Waals surface area contributed by atoms with Crippen molar-refractivity contribution < 1.29 is 33.8 Å². The molecule has 13 heteroatoms. The second-order valence-corrected chi connectivity index (χ2v) is 11.9. The number of phosphoric acid groups is 1. The van der Waals surface area contributed by atoms with Gasteiger partial charge in [0.15, 0.2) is 11.0 Å². The summed E-state index contributed by atoms with van der Waals surface area (Å²) in [5.74, 6) is 0.214. The van der Waals surface area contributed by atoms with Gasteiger partial charge in [-0.1, -0.05) is 31.0 Å². The molecule has 0 radical (unpaired) electrons. The van der Waals surface area contributed by atoms with Gasteiger partial charge in [0.2, 0.25) is 0 Å². The smallest absolute Gasteiger partial charge is 0.387 e. The third kappa shape index (κ3) is 4.83. The Balaban J connectivity index is 1.33. The first kappa shape index (κ1) is 24.3. The van der Waals surface area contributed by atoms with Crippen molar-refractivity contribution >= 4 is 36.4 Å². The molecule has 3 heterocycles. The fraction of sp³-hybridized carbons (Fsp3) is 0.667. The van der Waals surface area contributed by atoms with Crippen LogP contribution in [0.15, 0.2) is 17.4 Å². The normalized spacial score (nSPS) is 32.0. The minimum atomic E-state index is -4.71. The Kier molecular flexibility index (Phi) is 6.62. The molecule has 2 aliphatic carbocycles. The standard InChI is InChI=1S/C21H29N4O7PS/c22-19-16-15(24-20(25-19)34-13-4-2-1-3-5-13)11(6-7-23-16)8-12-9-21(12)18(27)17(26)14(32-21)10-31-33(28,29)30/h6-7,12-14,17-18,26-27H,1-5,8-10H2,(H2,22,24,25)(H2,28,29,30)/t12-,14+,17+,18+,21+/m0/s1. The second-order valence-electron chi connectivity index (χ2n) is 9.37. The van der Waals surface area contributed by atoms with Crippen molar-refractivity contribution in [1.29, 1.82) is 0 Å². The summed E-state index contributed by atoms with van der Waals surface area (Å²) in [6.07, 6.45) is 5.11. The Labute approximate surface area is 200 Å². The largest absolute Gasteiger partial charge is 0.469 e. The van der Waals surface area contributed by atoms with Gasteiger partial charge < -0.3 is 30.5 Å². The van der Waals surface area contributed by atoms with Crippen LogP contribution in [0.2, 0.25) is 0 Å². The van der Waals surface area contributed by atoms with Crippen molar-refractivity contribution in [3.63, 3.8) is 0 Å². The molecular weight excluding hydrogens is 483 g/mol. The lowest BCUT2D eigenvalue weighted by molar-refractivity contribution is -0.0400. The van der Waals surface area contributed by atoms with Crippen LogP contribution in [-0.4, -0.2) is 70.7 Å². The van der Waals surface area contributed by atoms with E-state index in [4.69, 9.17) is 25.2 Å². The summed E-state index contributed by atoms with van der Waals surface area (Å²) in [6, 6.07) is 1.86. The van der Waals surface area contributed by atoms with Crippen LogP contribution >= 0.6 is 19.6 Å². The van der Waals surface area contributed by atoms with Gasteiger partial charge in [-0.3, -0.25) is 9.51 Å². The molecule has 0 bridgehead atoms. The molecule has 2 aromatic heterocycles. The summed E-state index contributed by atoms with van der Waals surface area (Å²) in [4.78, 5) is 31.5.